The van der Waals surface area contributed by atoms with Crippen molar-refractivity contribution in [3.63, 3.8) is 0 Å². The summed E-state index contributed by atoms with van der Waals surface area (Å²) >= 11 is 0. The SMILES string of the molecule is FC(F)(F)c1ccc2c(c1)N1C[C@]3(C[C@H]4CC[C@H]3CC4)ON1N2. The van der Waals surface area contributed by atoms with Crippen molar-refractivity contribution < 1.29 is 18.0 Å². The van der Waals surface area contributed by atoms with Gasteiger partial charge >= 0.3 is 6.18 Å². The third-order valence-corrected chi connectivity index (χ3v) is 5.95. The molecular weight excluding hydrogens is 307 g/mol. The molecule has 2 heterocycles. The lowest BCUT2D eigenvalue weighted by Crippen LogP contribution is -2.50. The van der Waals surface area contributed by atoms with Gasteiger partial charge in [-0.15, -0.1) is 0 Å². The van der Waals surface area contributed by atoms with Crippen LogP contribution in [-0.2, 0) is 11.0 Å². The minimum Gasteiger partial charge on any atom is -0.275 e. The third kappa shape index (κ3) is 1.92. The van der Waals surface area contributed by atoms with Gasteiger partial charge in [0.05, 0.1) is 23.5 Å². The zero-order valence-electron chi connectivity index (χ0n) is 12.6. The molecule has 0 unspecified atom stereocenters. The summed E-state index contributed by atoms with van der Waals surface area (Å²) in [6.07, 6.45) is 1.55. The zero-order valence-corrected chi connectivity index (χ0v) is 12.6. The lowest BCUT2D eigenvalue weighted by atomic mass is 9.62. The molecule has 0 radical (unpaired) electrons. The number of rotatable bonds is 0. The van der Waals surface area contributed by atoms with E-state index in [1.54, 1.807) is 5.28 Å². The predicted molar refractivity (Wildman–Crippen MR) is 78.1 cm³/mol. The van der Waals surface area contributed by atoms with Gasteiger partial charge in [0, 0.05) is 5.28 Å². The van der Waals surface area contributed by atoms with Gasteiger partial charge in [-0.2, -0.15) is 13.2 Å². The molecule has 1 saturated heterocycles. The molecule has 0 amide bonds. The Morgan fingerprint density at radius 2 is 1.96 bits per heavy atom. The maximum atomic E-state index is 13.0. The summed E-state index contributed by atoms with van der Waals surface area (Å²) in [4.78, 5) is 6.22. The number of anilines is 2. The van der Waals surface area contributed by atoms with E-state index in [1.165, 1.54) is 37.8 Å². The molecular formula is C16H18F3N3O. The predicted octanol–water partition coefficient (Wildman–Crippen LogP) is 3.96. The Kier molecular flexibility index (Phi) is 2.62. The lowest BCUT2D eigenvalue weighted by Gasteiger charge is -2.47. The van der Waals surface area contributed by atoms with Crippen LogP contribution >= 0.6 is 0 Å². The van der Waals surface area contributed by atoms with E-state index in [0.29, 0.717) is 29.8 Å². The Hall–Kier alpha value is -1.47. The first-order valence-electron chi connectivity index (χ1n) is 8.19. The Bertz CT molecular complexity index is 656. The highest BCUT2D eigenvalue weighted by Gasteiger charge is 2.57. The van der Waals surface area contributed by atoms with Crippen molar-refractivity contribution in [2.24, 2.45) is 11.8 Å². The highest BCUT2D eigenvalue weighted by Crippen LogP contribution is 2.54. The smallest absolute Gasteiger partial charge is 0.275 e. The van der Waals surface area contributed by atoms with Crippen molar-refractivity contribution in [1.82, 2.24) is 5.28 Å². The second-order valence-electron chi connectivity index (χ2n) is 7.25. The molecule has 1 atom stereocenters. The fourth-order valence-corrected chi connectivity index (χ4v) is 4.81. The fourth-order valence-electron chi connectivity index (χ4n) is 4.81. The maximum absolute atomic E-state index is 13.0. The molecule has 1 aromatic rings. The monoisotopic (exact) mass is 325 g/mol. The van der Waals surface area contributed by atoms with Crippen LogP contribution in [0.2, 0.25) is 0 Å². The second kappa shape index (κ2) is 4.33. The highest BCUT2D eigenvalue weighted by molar-refractivity contribution is 5.74. The zero-order chi connectivity index (χ0) is 15.8. The van der Waals surface area contributed by atoms with Crippen molar-refractivity contribution in [2.75, 3.05) is 17.0 Å². The summed E-state index contributed by atoms with van der Waals surface area (Å²) in [5, 5.41) is 3.37. The van der Waals surface area contributed by atoms with Crippen LogP contribution in [0.15, 0.2) is 18.2 Å². The first-order valence-corrected chi connectivity index (χ1v) is 8.19. The van der Waals surface area contributed by atoms with E-state index in [4.69, 9.17) is 4.84 Å². The molecule has 4 nitrogen and oxygen atoms in total. The molecule has 5 aliphatic rings. The van der Waals surface area contributed by atoms with Crippen molar-refractivity contribution in [3.05, 3.63) is 23.8 Å². The number of nitrogens with zero attached hydrogens (tertiary/aromatic N) is 2. The maximum Gasteiger partial charge on any atom is 0.416 e. The average molecular weight is 325 g/mol. The van der Waals surface area contributed by atoms with Gasteiger partial charge in [0.15, 0.2) is 0 Å². The van der Waals surface area contributed by atoms with Gasteiger partial charge in [0.1, 0.15) is 5.60 Å². The molecule has 6 rings (SSSR count). The molecule has 1 spiro atoms. The largest absolute Gasteiger partial charge is 0.416 e. The normalized spacial score (nSPS) is 35.5. The minimum atomic E-state index is -4.33. The molecule has 124 valence electrons. The quantitative estimate of drug-likeness (QED) is 0.781. The van der Waals surface area contributed by atoms with Crippen LogP contribution in [0.4, 0.5) is 24.5 Å². The Morgan fingerprint density at radius 3 is 2.61 bits per heavy atom. The van der Waals surface area contributed by atoms with Crippen LogP contribution in [-0.4, -0.2) is 17.4 Å². The van der Waals surface area contributed by atoms with E-state index < -0.39 is 11.7 Å². The van der Waals surface area contributed by atoms with Gasteiger partial charge in [-0.3, -0.25) is 15.3 Å². The number of benzene rings is 1. The van der Waals surface area contributed by atoms with Gasteiger partial charge in [0.25, 0.3) is 0 Å². The summed E-state index contributed by atoms with van der Waals surface area (Å²) < 4.78 is 39.0. The van der Waals surface area contributed by atoms with Gasteiger partial charge in [-0.25, -0.2) is 0 Å². The molecule has 1 aromatic carbocycles. The van der Waals surface area contributed by atoms with E-state index in [9.17, 15) is 13.2 Å². The number of alkyl halides is 3. The van der Waals surface area contributed by atoms with E-state index in [2.05, 4.69) is 5.43 Å². The number of halogens is 3. The minimum absolute atomic E-state index is 0.236. The summed E-state index contributed by atoms with van der Waals surface area (Å²) in [7, 11) is 0. The van der Waals surface area contributed by atoms with Crippen LogP contribution in [0.1, 0.15) is 37.7 Å². The standard InChI is InChI=1S/C16H18F3N3O/c17-16(18,19)12-5-6-13-14(7-12)21-9-15(23-22(21)20-13)8-10-1-3-11(15)4-2-10/h5-7,10-11,20H,1-4,8-9H2/t10-,11-,15-/m0/s1. The van der Waals surface area contributed by atoms with Crippen molar-refractivity contribution in [3.8, 4) is 0 Å². The molecule has 4 fully saturated rings. The summed E-state index contributed by atoms with van der Waals surface area (Å²) in [6, 6.07) is 3.79. The van der Waals surface area contributed by atoms with E-state index >= 15 is 0 Å². The highest BCUT2D eigenvalue weighted by atomic mass is 19.4. The van der Waals surface area contributed by atoms with E-state index in [0.717, 1.165) is 12.5 Å². The van der Waals surface area contributed by atoms with E-state index in [1.807, 2.05) is 5.01 Å². The second-order valence-corrected chi connectivity index (χ2v) is 7.25. The van der Waals surface area contributed by atoms with Gasteiger partial charge in [-0.1, -0.05) is 0 Å². The number of hydrazine groups is 2. The van der Waals surface area contributed by atoms with Crippen LogP contribution in [0, 0.1) is 11.8 Å². The lowest BCUT2D eigenvalue weighted by molar-refractivity contribution is -0.225. The van der Waals surface area contributed by atoms with Gasteiger partial charge in [0.2, 0.25) is 0 Å². The van der Waals surface area contributed by atoms with Crippen molar-refractivity contribution >= 4 is 11.4 Å². The number of hydrogen-bond donors (Lipinski definition) is 1. The first kappa shape index (κ1) is 13.9. The first-order chi connectivity index (χ1) is 10.9. The molecule has 1 N–H and O–H groups in total. The van der Waals surface area contributed by atoms with Crippen molar-refractivity contribution in [1.29, 1.82) is 0 Å². The van der Waals surface area contributed by atoms with Crippen molar-refractivity contribution in [2.45, 2.75) is 43.9 Å². The summed E-state index contributed by atoms with van der Waals surface area (Å²) in [5.41, 5.74) is 3.44. The Balaban J connectivity index is 1.48. The Morgan fingerprint density at radius 1 is 1.17 bits per heavy atom. The summed E-state index contributed by atoms with van der Waals surface area (Å²) in [5.74, 6) is 1.20. The molecule has 3 aliphatic carbocycles. The van der Waals surface area contributed by atoms with Crippen LogP contribution < -0.4 is 10.4 Å². The molecule has 2 bridgehead atoms. The van der Waals surface area contributed by atoms with Crippen LogP contribution in [0.3, 0.4) is 0 Å². The van der Waals surface area contributed by atoms with Crippen LogP contribution in [0.25, 0.3) is 0 Å². The average Bonchev–Trinajstić information content (AvgIpc) is 3.01. The van der Waals surface area contributed by atoms with Crippen LogP contribution in [0.5, 0.6) is 0 Å². The molecule has 0 aromatic heterocycles. The van der Waals surface area contributed by atoms with Gasteiger partial charge in [-0.05, 0) is 62.1 Å². The Labute approximate surface area is 132 Å². The molecule has 3 saturated carbocycles. The number of nitrogens with one attached hydrogen (secondary N) is 1. The number of hydrogen-bond acceptors (Lipinski definition) is 4. The number of fused-ring (bicyclic) bond motifs is 5. The summed E-state index contributed by atoms with van der Waals surface area (Å²) in [6.45, 7) is 0.634. The molecule has 7 heteroatoms. The molecule has 2 aliphatic heterocycles. The van der Waals surface area contributed by atoms with E-state index in [-0.39, 0.29) is 5.60 Å². The topological polar surface area (TPSA) is 27.7 Å². The molecule has 23 heavy (non-hydrogen) atoms. The third-order valence-electron chi connectivity index (χ3n) is 5.95. The fraction of sp³-hybridized carbons (Fsp3) is 0.625. The van der Waals surface area contributed by atoms with Gasteiger partial charge < -0.3 is 0 Å².